The van der Waals surface area contributed by atoms with Crippen LogP contribution in [0.25, 0.3) is 0 Å². The molecular formula is C14H14N2S. The van der Waals surface area contributed by atoms with Crippen LogP contribution in [0, 0.1) is 5.41 Å². The van der Waals surface area contributed by atoms with E-state index < -0.39 is 0 Å². The van der Waals surface area contributed by atoms with Crippen molar-refractivity contribution in [3.8, 4) is 0 Å². The van der Waals surface area contributed by atoms with Gasteiger partial charge in [-0.15, -0.1) is 11.8 Å². The Morgan fingerprint density at radius 3 is 2.24 bits per heavy atom. The van der Waals surface area contributed by atoms with E-state index in [9.17, 15) is 0 Å². The molecule has 0 heterocycles. The summed E-state index contributed by atoms with van der Waals surface area (Å²) in [5.74, 6) is 1.05. The van der Waals surface area contributed by atoms with E-state index in [1.165, 1.54) is 10.5 Å². The fourth-order valence-corrected chi connectivity index (χ4v) is 2.34. The van der Waals surface area contributed by atoms with Gasteiger partial charge in [-0.2, -0.15) is 0 Å². The summed E-state index contributed by atoms with van der Waals surface area (Å²) in [4.78, 5) is 1.27. The van der Waals surface area contributed by atoms with E-state index in [1.54, 1.807) is 11.8 Å². The van der Waals surface area contributed by atoms with Crippen LogP contribution in [0.1, 0.15) is 11.1 Å². The third-order valence-electron chi connectivity index (χ3n) is 2.41. The Bertz CT molecular complexity index is 491. The second-order valence-corrected chi connectivity index (χ2v) is 4.76. The van der Waals surface area contributed by atoms with Gasteiger partial charge in [-0.1, -0.05) is 42.5 Å². The van der Waals surface area contributed by atoms with Crippen molar-refractivity contribution in [2.45, 2.75) is 10.6 Å². The lowest BCUT2D eigenvalue weighted by Gasteiger charge is -2.03. The molecule has 17 heavy (non-hydrogen) atoms. The van der Waals surface area contributed by atoms with Crippen LogP contribution in [0.3, 0.4) is 0 Å². The Kier molecular flexibility index (Phi) is 3.83. The van der Waals surface area contributed by atoms with Crippen molar-refractivity contribution in [3.05, 3.63) is 65.7 Å². The van der Waals surface area contributed by atoms with Gasteiger partial charge in [0, 0.05) is 16.2 Å². The number of nitrogens with two attached hydrogens (primary N) is 1. The molecule has 2 rings (SSSR count). The highest BCUT2D eigenvalue weighted by atomic mass is 32.2. The zero-order valence-corrected chi connectivity index (χ0v) is 10.2. The number of hydrogen-bond donors (Lipinski definition) is 2. The summed E-state index contributed by atoms with van der Waals surface area (Å²) < 4.78 is 0. The zero-order valence-electron chi connectivity index (χ0n) is 9.39. The van der Waals surface area contributed by atoms with Crippen LogP contribution in [0.5, 0.6) is 0 Å². The first-order valence-electron chi connectivity index (χ1n) is 5.37. The quantitative estimate of drug-likeness (QED) is 0.491. The molecule has 0 atom stereocenters. The molecule has 0 amide bonds. The standard InChI is InChI=1S/C14H14N2S/c15-14(16)12-8-6-11(7-9-12)10-17-13-4-2-1-3-5-13/h1-9H,10H2,(H3,15,16). The first-order chi connectivity index (χ1) is 8.25. The molecule has 2 nitrogen and oxygen atoms in total. The molecule has 0 saturated heterocycles. The van der Waals surface area contributed by atoms with Crippen molar-refractivity contribution >= 4 is 17.6 Å². The molecule has 0 spiro atoms. The molecule has 3 N–H and O–H groups in total. The van der Waals surface area contributed by atoms with Gasteiger partial charge in [0.1, 0.15) is 5.84 Å². The number of thioether (sulfide) groups is 1. The predicted octanol–water partition coefficient (Wildman–Crippen LogP) is 3.26. The normalized spacial score (nSPS) is 10.1. The minimum absolute atomic E-state index is 0.118. The molecule has 86 valence electrons. The number of benzene rings is 2. The van der Waals surface area contributed by atoms with Gasteiger partial charge in [-0.25, -0.2) is 0 Å². The lowest BCUT2D eigenvalue weighted by atomic mass is 10.1. The van der Waals surface area contributed by atoms with Gasteiger partial charge in [0.15, 0.2) is 0 Å². The summed E-state index contributed by atoms with van der Waals surface area (Å²) in [5.41, 5.74) is 7.42. The minimum Gasteiger partial charge on any atom is -0.384 e. The molecule has 0 fully saturated rings. The summed E-state index contributed by atoms with van der Waals surface area (Å²) in [7, 11) is 0. The lowest BCUT2D eigenvalue weighted by molar-refractivity contribution is 1.36. The van der Waals surface area contributed by atoms with Crippen LogP contribution in [-0.2, 0) is 5.75 Å². The second-order valence-electron chi connectivity index (χ2n) is 3.71. The van der Waals surface area contributed by atoms with Crippen molar-refractivity contribution in [2.24, 2.45) is 5.73 Å². The average molecular weight is 242 g/mol. The van der Waals surface area contributed by atoms with Crippen LogP contribution in [0.15, 0.2) is 59.5 Å². The fraction of sp³-hybridized carbons (Fsp3) is 0.0714. The van der Waals surface area contributed by atoms with Gasteiger partial charge in [-0.3, -0.25) is 5.41 Å². The molecule has 0 unspecified atom stereocenters. The van der Waals surface area contributed by atoms with Crippen LogP contribution in [0.4, 0.5) is 0 Å². The number of nitrogens with one attached hydrogen (secondary N) is 1. The van der Waals surface area contributed by atoms with Crippen LogP contribution in [0.2, 0.25) is 0 Å². The topological polar surface area (TPSA) is 49.9 Å². The molecular weight excluding hydrogens is 228 g/mol. The maximum absolute atomic E-state index is 7.31. The highest BCUT2D eigenvalue weighted by Crippen LogP contribution is 2.22. The number of amidine groups is 1. The van der Waals surface area contributed by atoms with E-state index in [4.69, 9.17) is 11.1 Å². The third-order valence-corrected chi connectivity index (χ3v) is 3.50. The SMILES string of the molecule is N=C(N)c1ccc(CSc2ccccc2)cc1. The maximum Gasteiger partial charge on any atom is 0.122 e. The minimum atomic E-state index is 0.118. The molecule has 0 aliphatic rings. The van der Waals surface area contributed by atoms with E-state index in [0.29, 0.717) is 0 Å². The van der Waals surface area contributed by atoms with Gasteiger partial charge in [0.2, 0.25) is 0 Å². The lowest BCUT2D eigenvalue weighted by Crippen LogP contribution is -2.10. The molecule has 0 radical (unpaired) electrons. The summed E-state index contributed by atoms with van der Waals surface area (Å²) in [6, 6.07) is 18.1. The van der Waals surface area contributed by atoms with Gasteiger partial charge >= 0.3 is 0 Å². The molecule has 0 aliphatic heterocycles. The fourth-order valence-electron chi connectivity index (χ4n) is 1.46. The smallest absolute Gasteiger partial charge is 0.122 e. The van der Waals surface area contributed by atoms with Crippen LogP contribution >= 0.6 is 11.8 Å². The number of rotatable bonds is 4. The average Bonchev–Trinajstić information content (AvgIpc) is 2.38. The zero-order chi connectivity index (χ0) is 12.1. The largest absolute Gasteiger partial charge is 0.384 e. The van der Waals surface area contributed by atoms with Crippen LogP contribution < -0.4 is 5.73 Å². The summed E-state index contributed by atoms with van der Waals surface area (Å²) in [6.45, 7) is 0. The van der Waals surface area contributed by atoms with Crippen molar-refractivity contribution in [1.29, 1.82) is 5.41 Å². The van der Waals surface area contributed by atoms with E-state index >= 15 is 0 Å². The maximum atomic E-state index is 7.31. The van der Waals surface area contributed by atoms with E-state index in [1.807, 2.05) is 42.5 Å². The molecule has 0 bridgehead atoms. The summed E-state index contributed by atoms with van der Waals surface area (Å²) in [6.07, 6.45) is 0. The molecule has 2 aromatic carbocycles. The highest BCUT2D eigenvalue weighted by molar-refractivity contribution is 7.98. The van der Waals surface area contributed by atoms with Crippen molar-refractivity contribution in [1.82, 2.24) is 0 Å². The highest BCUT2D eigenvalue weighted by Gasteiger charge is 1.98. The second kappa shape index (κ2) is 5.55. The van der Waals surface area contributed by atoms with Gasteiger partial charge < -0.3 is 5.73 Å². The van der Waals surface area contributed by atoms with Crippen molar-refractivity contribution in [2.75, 3.05) is 0 Å². The Balaban J connectivity index is 1.98. The predicted molar refractivity (Wildman–Crippen MR) is 73.5 cm³/mol. The summed E-state index contributed by atoms with van der Waals surface area (Å²) in [5, 5.41) is 7.31. The van der Waals surface area contributed by atoms with E-state index in [-0.39, 0.29) is 5.84 Å². The van der Waals surface area contributed by atoms with Crippen molar-refractivity contribution < 1.29 is 0 Å². The Morgan fingerprint density at radius 2 is 1.65 bits per heavy atom. The number of hydrogen-bond acceptors (Lipinski definition) is 2. The molecule has 3 heteroatoms. The Labute approximate surface area is 105 Å². The first-order valence-corrected chi connectivity index (χ1v) is 6.35. The van der Waals surface area contributed by atoms with Gasteiger partial charge in [0.05, 0.1) is 0 Å². The molecule has 0 saturated carbocycles. The molecule has 2 aromatic rings. The Morgan fingerprint density at radius 1 is 1.00 bits per heavy atom. The van der Waals surface area contributed by atoms with Gasteiger partial charge in [-0.05, 0) is 17.7 Å². The number of nitrogen functional groups attached to an aromatic ring is 1. The molecule has 0 aliphatic carbocycles. The first kappa shape index (κ1) is 11.7. The monoisotopic (exact) mass is 242 g/mol. The third kappa shape index (κ3) is 3.36. The Hall–Kier alpha value is -1.74. The molecule has 0 aromatic heterocycles. The summed E-state index contributed by atoms with van der Waals surface area (Å²) >= 11 is 1.80. The van der Waals surface area contributed by atoms with E-state index in [0.717, 1.165) is 11.3 Å². The van der Waals surface area contributed by atoms with Crippen LogP contribution in [-0.4, -0.2) is 5.84 Å². The van der Waals surface area contributed by atoms with Gasteiger partial charge in [0.25, 0.3) is 0 Å². The van der Waals surface area contributed by atoms with E-state index in [2.05, 4.69) is 12.1 Å². The van der Waals surface area contributed by atoms with Crippen molar-refractivity contribution in [3.63, 3.8) is 0 Å².